The van der Waals surface area contributed by atoms with Crippen LogP contribution in [0.3, 0.4) is 0 Å². The predicted molar refractivity (Wildman–Crippen MR) is 298 cm³/mol. The lowest BCUT2D eigenvalue weighted by Gasteiger charge is -2.48. The molecule has 28 N–H and O–H groups in total. The SMILES string of the molecule is NCC1OC(OC2C(N)CC(N)C(OC3OC(CN4CC(CCCCCCCCCCCCC5CN(CC6OC(OC7C(N)CC(N)C(OC8OC(CN)C(O)CC8N)C7O)C(O)C(N)C6O)N=N5)N=N4)C(O)C(N)C3O)C2O)C(N)CC1O. The normalized spacial score (nSPS) is 46.5. The van der Waals surface area contributed by atoms with Crippen LogP contribution in [0.1, 0.15) is 103 Å². The van der Waals surface area contributed by atoms with Gasteiger partial charge in [0, 0.05) is 37.3 Å². The minimum absolute atomic E-state index is 0.0123. The lowest BCUT2D eigenvalue weighted by atomic mass is 9.84. The molecule has 0 amide bonds. The zero-order chi connectivity index (χ0) is 60.5. The van der Waals surface area contributed by atoms with Crippen LogP contribution < -0.4 is 57.3 Å². The number of unbranched alkanes of at least 4 members (excludes halogenated alkanes) is 9. The molecule has 6 heterocycles. The second-order valence-electron chi connectivity index (χ2n) is 24.8. The lowest BCUT2D eigenvalue weighted by Crippen LogP contribution is -2.68. The van der Waals surface area contributed by atoms with Crippen molar-refractivity contribution < 1.29 is 78.7 Å². The highest BCUT2D eigenvalue weighted by molar-refractivity contribution is 5.04. The van der Waals surface area contributed by atoms with Gasteiger partial charge in [0.05, 0.1) is 99.1 Å². The van der Waals surface area contributed by atoms with Gasteiger partial charge in [-0.25, -0.2) is 0 Å². The second kappa shape index (κ2) is 31.5. The summed E-state index contributed by atoms with van der Waals surface area (Å²) in [6.07, 6.45) is -8.73. The Labute approximate surface area is 490 Å². The Kier molecular flexibility index (Phi) is 25.4. The van der Waals surface area contributed by atoms with Crippen LogP contribution in [0.25, 0.3) is 0 Å². The third-order valence-electron chi connectivity index (χ3n) is 18.1. The number of nitrogens with zero attached hydrogens (tertiary/aromatic N) is 6. The predicted octanol–water partition coefficient (Wildman–Crippen LogP) is -6.78. The van der Waals surface area contributed by atoms with Gasteiger partial charge in [-0.05, 0) is 38.5 Å². The maximum absolute atomic E-state index is 11.5. The van der Waals surface area contributed by atoms with Crippen molar-refractivity contribution in [3.05, 3.63) is 0 Å². The number of hydrogen-bond acceptors (Lipinski definition) is 32. The van der Waals surface area contributed by atoms with Gasteiger partial charge in [-0.1, -0.05) is 74.7 Å². The lowest BCUT2D eigenvalue weighted by molar-refractivity contribution is -0.313. The van der Waals surface area contributed by atoms with Crippen LogP contribution in [0.2, 0.25) is 0 Å². The number of hydrogen-bond donors (Lipinski definition) is 18. The van der Waals surface area contributed by atoms with E-state index in [0.29, 0.717) is 13.1 Å². The number of ether oxygens (including phenoxy) is 8. The fourth-order valence-electron chi connectivity index (χ4n) is 12.9. The summed E-state index contributed by atoms with van der Waals surface area (Å²) in [5.41, 5.74) is 62.1. The van der Waals surface area contributed by atoms with Crippen molar-refractivity contribution in [2.24, 2.45) is 78.0 Å². The molecule has 0 aromatic rings. The highest BCUT2D eigenvalue weighted by Crippen LogP contribution is 2.34. The summed E-state index contributed by atoms with van der Waals surface area (Å²) in [6, 6.07) is -6.74. The molecule has 4 saturated heterocycles. The first-order chi connectivity index (χ1) is 40.1. The van der Waals surface area contributed by atoms with Crippen LogP contribution in [-0.2, 0) is 37.9 Å². The van der Waals surface area contributed by atoms with Gasteiger partial charge >= 0.3 is 0 Å². The Morgan fingerprint density at radius 2 is 0.679 bits per heavy atom. The number of aliphatic hydroxyl groups is 8. The minimum Gasteiger partial charge on any atom is -0.390 e. The molecule has 32 heteroatoms. The van der Waals surface area contributed by atoms with Crippen molar-refractivity contribution in [3.8, 4) is 0 Å². The molecular weight excluding hydrogens is 1100 g/mol. The van der Waals surface area contributed by atoms with Gasteiger partial charge in [0.2, 0.25) is 0 Å². The van der Waals surface area contributed by atoms with Gasteiger partial charge in [0.25, 0.3) is 0 Å². The molecule has 6 aliphatic heterocycles. The van der Waals surface area contributed by atoms with E-state index in [1.165, 1.54) is 12.8 Å². The highest BCUT2D eigenvalue weighted by atomic mass is 16.7. The van der Waals surface area contributed by atoms with Gasteiger partial charge < -0.3 is 136 Å². The number of rotatable bonds is 27. The molecule has 0 spiro atoms. The average Bonchev–Trinajstić information content (AvgIpc) is 3.37. The topological polar surface area (TPSA) is 552 Å². The van der Waals surface area contributed by atoms with Gasteiger partial charge in [-0.15, -0.1) is 0 Å². The Morgan fingerprint density at radius 3 is 1.01 bits per heavy atom. The zero-order valence-electron chi connectivity index (χ0n) is 48.2. The number of nitrogens with two attached hydrogens (primary N) is 10. The Hall–Kier alpha value is -2.24. The Balaban J connectivity index is 0.659. The molecule has 8 aliphatic rings. The second-order valence-corrected chi connectivity index (χ2v) is 24.8. The van der Waals surface area contributed by atoms with Gasteiger partial charge in [-0.3, -0.25) is 10.0 Å². The molecule has 486 valence electrons. The van der Waals surface area contributed by atoms with Crippen LogP contribution in [0.4, 0.5) is 0 Å². The van der Waals surface area contributed by atoms with Crippen molar-refractivity contribution in [2.75, 3.05) is 39.3 Å². The molecule has 32 nitrogen and oxygen atoms in total. The van der Waals surface area contributed by atoms with Crippen molar-refractivity contribution in [2.45, 2.75) is 286 Å². The van der Waals surface area contributed by atoms with E-state index in [1.807, 2.05) is 0 Å². The van der Waals surface area contributed by atoms with Crippen molar-refractivity contribution >= 4 is 0 Å². The van der Waals surface area contributed by atoms with E-state index in [-0.39, 0.29) is 63.9 Å². The maximum atomic E-state index is 11.5. The Bertz CT molecular complexity index is 1900. The van der Waals surface area contributed by atoms with Crippen molar-refractivity contribution in [3.63, 3.8) is 0 Å². The monoisotopic (exact) mass is 1210 g/mol. The summed E-state index contributed by atoms with van der Waals surface area (Å²) in [5, 5.41) is 109. The maximum Gasteiger partial charge on any atom is 0.186 e. The first kappa shape index (κ1) is 67.7. The van der Waals surface area contributed by atoms with E-state index in [9.17, 15) is 40.9 Å². The van der Waals surface area contributed by atoms with Crippen LogP contribution in [0.5, 0.6) is 0 Å². The summed E-state index contributed by atoms with van der Waals surface area (Å²) < 4.78 is 48.2. The molecule has 2 saturated carbocycles. The van der Waals surface area contributed by atoms with Crippen LogP contribution in [0.15, 0.2) is 20.7 Å². The van der Waals surface area contributed by atoms with E-state index in [0.717, 1.165) is 64.2 Å². The molecule has 0 aromatic carbocycles. The summed E-state index contributed by atoms with van der Waals surface area (Å²) in [6.45, 7) is 1.41. The van der Waals surface area contributed by atoms with E-state index >= 15 is 0 Å². The fraction of sp³-hybridized carbons (Fsp3) is 1.00. The third-order valence-corrected chi connectivity index (χ3v) is 18.1. The molecule has 0 radical (unpaired) electrons. The van der Waals surface area contributed by atoms with Crippen molar-refractivity contribution in [1.82, 2.24) is 10.0 Å². The van der Waals surface area contributed by atoms with Crippen LogP contribution in [0, 0.1) is 0 Å². The molecule has 6 fully saturated rings. The molecule has 30 atom stereocenters. The molecular formula is C52H102N16O16. The summed E-state index contributed by atoms with van der Waals surface area (Å²) in [7, 11) is 0. The molecule has 0 aromatic heterocycles. The van der Waals surface area contributed by atoms with Crippen LogP contribution >= 0.6 is 0 Å². The standard InChI is InChI=1S/C52H102N16O16/c53-17-33-31(69)15-29(59)49(77-33)81-45-25(55)13-27(57)47(43(45)75)83-51-41(73)37(61)39(71)35(79-51)21-67-19-23(63-65-67)11-9-7-5-3-1-2-4-6-8-10-12-24-20-68(66-64-24)22-36-40(72)38(62)42(74)52(80-36)84-48-28(58)14-26(56)46(44(48)76)82-50-30(60)16-32(70)34(18-54)78-50/h23-52,69-76H,1-22,53-62H2. The van der Waals surface area contributed by atoms with E-state index in [2.05, 4.69) is 20.7 Å². The molecule has 2 aliphatic carbocycles. The van der Waals surface area contributed by atoms with Gasteiger partial charge in [0.15, 0.2) is 25.2 Å². The van der Waals surface area contributed by atoms with Crippen molar-refractivity contribution in [1.29, 1.82) is 0 Å². The summed E-state index contributed by atoms with van der Waals surface area (Å²) >= 11 is 0. The molecule has 8 rings (SSSR count). The number of aliphatic hydroxyl groups excluding tert-OH is 8. The fourth-order valence-corrected chi connectivity index (χ4v) is 12.9. The molecule has 84 heavy (non-hydrogen) atoms. The third kappa shape index (κ3) is 17.0. The largest absolute Gasteiger partial charge is 0.390 e. The zero-order valence-corrected chi connectivity index (χ0v) is 48.2. The highest BCUT2D eigenvalue weighted by Gasteiger charge is 2.53. The smallest absolute Gasteiger partial charge is 0.186 e. The first-order valence-corrected chi connectivity index (χ1v) is 30.6. The average molecular weight is 1210 g/mol. The molecule has 0 bridgehead atoms. The van der Waals surface area contributed by atoms with Gasteiger partial charge in [0.1, 0.15) is 61.0 Å². The molecule has 30 unspecified atom stereocenters. The van der Waals surface area contributed by atoms with E-state index in [1.54, 1.807) is 10.0 Å². The summed E-state index contributed by atoms with van der Waals surface area (Å²) in [5.74, 6) is 0. The Morgan fingerprint density at radius 1 is 0.369 bits per heavy atom. The van der Waals surface area contributed by atoms with E-state index in [4.69, 9.17) is 95.2 Å². The first-order valence-electron chi connectivity index (χ1n) is 30.6. The van der Waals surface area contributed by atoms with Gasteiger partial charge in [-0.2, -0.15) is 10.2 Å². The summed E-state index contributed by atoms with van der Waals surface area (Å²) in [4.78, 5) is 0. The van der Waals surface area contributed by atoms with E-state index < -0.39 is 171 Å². The quantitative estimate of drug-likeness (QED) is 0.0340. The minimum atomic E-state index is -1.46. The van der Waals surface area contributed by atoms with Crippen LogP contribution in [-0.4, -0.2) is 273 Å².